The summed E-state index contributed by atoms with van der Waals surface area (Å²) in [5.41, 5.74) is 3.24. The summed E-state index contributed by atoms with van der Waals surface area (Å²) in [6.07, 6.45) is 5.41. The normalized spacial score (nSPS) is 11.4. The zero-order chi connectivity index (χ0) is 16.8. The Morgan fingerprint density at radius 1 is 1.26 bits per heavy atom. The summed E-state index contributed by atoms with van der Waals surface area (Å²) in [4.78, 5) is 12.5. The summed E-state index contributed by atoms with van der Waals surface area (Å²) >= 11 is 0. The van der Waals surface area contributed by atoms with Gasteiger partial charge in [0.05, 0.1) is 12.6 Å². The molecule has 2 aromatic carbocycles. The number of aryl methyl sites for hydroxylation is 1. The minimum atomic E-state index is -0.124. The molecule has 118 valence electrons. The number of ether oxygens (including phenoxy) is 1. The number of hydrogen-bond acceptors (Lipinski definition) is 2. The number of terminal acetylenes is 1. The molecule has 2 rings (SSSR count). The third-order valence-electron chi connectivity index (χ3n) is 3.69. The molecule has 1 atom stereocenters. The van der Waals surface area contributed by atoms with Crippen LogP contribution in [0, 0.1) is 19.3 Å². The quantitative estimate of drug-likeness (QED) is 0.852. The molecule has 0 spiro atoms. The van der Waals surface area contributed by atoms with Crippen LogP contribution >= 0.6 is 0 Å². The lowest BCUT2D eigenvalue weighted by atomic mass is 10.0. The number of carbonyl (C=O) groups is 1. The van der Waals surface area contributed by atoms with E-state index in [4.69, 9.17) is 11.2 Å². The maximum atomic E-state index is 12.5. The summed E-state index contributed by atoms with van der Waals surface area (Å²) in [6.45, 7) is 6.44. The molecular weight excluding hydrogens is 286 g/mol. The average molecular weight is 307 g/mol. The number of carbonyl (C=O) groups excluding carboxylic acids is 1. The SMILES string of the molecule is C#Cc1ccc(C)c(C(=O)NC(C)c2ccc(OCC)cc2)c1. The van der Waals surface area contributed by atoms with Gasteiger partial charge in [-0.2, -0.15) is 0 Å². The second-order valence-corrected chi connectivity index (χ2v) is 5.37. The highest BCUT2D eigenvalue weighted by Crippen LogP contribution is 2.19. The van der Waals surface area contributed by atoms with Gasteiger partial charge in [0, 0.05) is 11.1 Å². The van der Waals surface area contributed by atoms with E-state index >= 15 is 0 Å². The summed E-state index contributed by atoms with van der Waals surface area (Å²) in [5.74, 6) is 3.26. The molecule has 0 radical (unpaired) electrons. The van der Waals surface area contributed by atoms with Gasteiger partial charge < -0.3 is 10.1 Å². The molecule has 0 aliphatic rings. The first-order chi connectivity index (χ1) is 11.0. The van der Waals surface area contributed by atoms with Gasteiger partial charge in [-0.25, -0.2) is 0 Å². The van der Waals surface area contributed by atoms with Crippen molar-refractivity contribution in [3.05, 3.63) is 64.7 Å². The van der Waals surface area contributed by atoms with Gasteiger partial charge in [0.15, 0.2) is 0 Å². The first-order valence-electron chi connectivity index (χ1n) is 7.66. The Hall–Kier alpha value is -2.73. The topological polar surface area (TPSA) is 38.3 Å². The van der Waals surface area contributed by atoms with Crippen LogP contribution < -0.4 is 10.1 Å². The van der Waals surface area contributed by atoms with E-state index in [1.165, 1.54) is 0 Å². The maximum absolute atomic E-state index is 12.5. The van der Waals surface area contributed by atoms with Crippen LogP contribution in [0.15, 0.2) is 42.5 Å². The maximum Gasteiger partial charge on any atom is 0.252 e. The molecule has 0 saturated heterocycles. The van der Waals surface area contributed by atoms with Gasteiger partial charge in [-0.15, -0.1) is 6.42 Å². The predicted molar refractivity (Wildman–Crippen MR) is 92.6 cm³/mol. The van der Waals surface area contributed by atoms with E-state index in [9.17, 15) is 4.79 Å². The van der Waals surface area contributed by atoms with Crippen LogP contribution in [0.1, 0.15) is 46.9 Å². The van der Waals surface area contributed by atoms with E-state index in [1.54, 1.807) is 6.07 Å². The van der Waals surface area contributed by atoms with Crippen LogP contribution in [0.2, 0.25) is 0 Å². The number of nitrogens with one attached hydrogen (secondary N) is 1. The van der Waals surface area contributed by atoms with E-state index in [2.05, 4.69) is 11.2 Å². The van der Waals surface area contributed by atoms with Crippen molar-refractivity contribution in [3.8, 4) is 18.1 Å². The smallest absolute Gasteiger partial charge is 0.252 e. The zero-order valence-corrected chi connectivity index (χ0v) is 13.7. The molecule has 0 fully saturated rings. The Bertz CT molecular complexity index is 726. The van der Waals surface area contributed by atoms with Crippen molar-refractivity contribution in [2.75, 3.05) is 6.61 Å². The number of amides is 1. The Morgan fingerprint density at radius 2 is 1.96 bits per heavy atom. The molecule has 1 amide bonds. The molecule has 23 heavy (non-hydrogen) atoms. The Balaban J connectivity index is 2.12. The van der Waals surface area contributed by atoms with Gasteiger partial charge in [-0.3, -0.25) is 4.79 Å². The molecule has 2 aromatic rings. The van der Waals surface area contributed by atoms with Crippen LogP contribution in [0.5, 0.6) is 5.75 Å². The number of rotatable bonds is 5. The second-order valence-electron chi connectivity index (χ2n) is 5.37. The van der Waals surface area contributed by atoms with Gasteiger partial charge in [-0.05, 0) is 56.2 Å². The third kappa shape index (κ3) is 4.14. The van der Waals surface area contributed by atoms with Crippen molar-refractivity contribution in [1.82, 2.24) is 5.32 Å². The minimum Gasteiger partial charge on any atom is -0.494 e. The highest BCUT2D eigenvalue weighted by molar-refractivity contribution is 5.96. The highest BCUT2D eigenvalue weighted by atomic mass is 16.5. The van der Waals surface area contributed by atoms with E-state index in [0.29, 0.717) is 17.7 Å². The highest BCUT2D eigenvalue weighted by Gasteiger charge is 2.14. The lowest BCUT2D eigenvalue weighted by molar-refractivity contribution is 0.0939. The molecule has 0 aliphatic heterocycles. The van der Waals surface area contributed by atoms with Crippen LogP contribution in [0.4, 0.5) is 0 Å². The summed E-state index contributed by atoms with van der Waals surface area (Å²) < 4.78 is 5.43. The summed E-state index contributed by atoms with van der Waals surface area (Å²) in [6, 6.07) is 13.1. The molecule has 0 bridgehead atoms. The largest absolute Gasteiger partial charge is 0.494 e. The van der Waals surface area contributed by atoms with Crippen molar-refractivity contribution in [1.29, 1.82) is 0 Å². The molecule has 1 unspecified atom stereocenters. The van der Waals surface area contributed by atoms with Crippen molar-refractivity contribution in [2.24, 2.45) is 0 Å². The lowest BCUT2D eigenvalue weighted by Crippen LogP contribution is -2.27. The van der Waals surface area contributed by atoms with Gasteiger partial charge in [0.2, 0.25) is 0 Å². The van der Waals surface area contributed by atoms with Gasteiger partial charge in [-0.1, -0.05) is 24.1 Å². The van der Waals surface area contributed by atoms with Crippen LogP contribution in [0.25, 0.3) is 0 Å². The Labute approximate surface area is 137 Å². The van der Waals surface area contributed by atoms with Gasteiger partial charge in [0.1, 0.15) is 5.75 Å². The van der Waals surface area contributed by atoms with Crippen LogP contribution in [-0.4, -0.2) is 12.5 Å². The van der Waals surface area contributed by atoms with Crippen molar-refractivity contribution >= 4 is 5.91 Å². The van der Waals surface area contributed by atoms with Crippen molar-refractivity contribution < 1.29 is 9.53 Å². The molecular formula is C20H21NO2. The van der Waals surface area contributed by atoms with Crippen LogP contribution in [0.3, 0.4) is 0 Å². The fourth-order valence-corrected chi connectivity index (χ4v) is 2.33. The molecule has 1 N–H and O–H groups in total. The molecule has 3 heteroatoms. The van der Waals surface area contributed by atoms with Crippen LogP contribution in [-0.2, 0) is 0 Å². The van der Waals surface area contributed by atoms with Crippen molar-refractivity contribution in [3.63, 3.8) is 0 Å². The summed E-state index contributed by atoms with van der Waals surface area (Å²) in [5, 5.41) is 3.01. The second kappa shape index (κ2) is 7.51. The van der Waals surface area contributed by atoms with E-state index in [0.717, 1.165) is 16.9 Å². The fraction of sp³-hybridized carbons (Fsp3) is 0.250. The molecule has 3 nitrogen and oxygen atoms in total. The third-order valence-corrected chi connectivity index (χ3v) is 3.69. The molecule has 0 heterocycles. The van der Waals surface area contributed by atoms with E-state index in [-0.39, 0.29) is 11.9 Å². The molecule has 0 aromatic heterocycles. The standard InChI is InChI=1S/C20H21NO2/c1-5-16-8-7-14(3)19(13-16)20(22)21-15(4)17-9-11-18(12-10-17)23-6-2/h1,7-13,15H,6H2,2-4H3,(H,21,22). The first kappa shape index (κ1) is 16.6. The van der Waals surface area contributed by atoms with Gasteiger partial charge >= 0.3 is 0 Å². The fourth-order valence-electron chi connectivity index (χ4n) is 2.33. The van der Waals surface area contributed by atoms with Crippen molar-refractivity contribution in [2.45, 2.75) is 26.8 Å². The minimum absolute atomic E-state index is 0.105. The monoisotopic (exact) mass is 307 g/mol. The molecule has 0 saturated carbocycles. The summed E-state index contributed by atoms with van der Waals surface area (Å²) in [7, 11) is 0. The lowest BCUT2D eigenvalue weighted by Gasteiger charge is -2.16. The Morgan fingerprint density at radius 3 is 2.57 bits per heavy atom. The number of benzene rings is 2. The predicted octanol–water partition coefficient (Wildman–Crippen LogP) is 3.87. The average Bonchev–Trinajstić information content (AvgIpc) is 2.56. The number of hydrogen-bond donors (Lipinski definition) is 1. The van der Waals surface area contributed by atoms with E-state index < -0.39 is 0 Å². The Kier molecular flexibility index (Phi) is 5.43. The van der Waals surface area contributed by atoms with Gasteiger partial charge in [0.25, 0.3) is 5.91 Å². The first-order valence-corrected chi connectivity index (χ1v) is 7.66. The zero-order valence-electron chi connectivity index (χ0n) is 13.7. The molecule has 0 aliphatic carbocycles. The van der Waals surface area contributed by atoms with E-state index in [1.807, 2.05) is 57.2 Å².